The molecule has 6 heteroatoms. The number of rotatable bonds is 5. The highest BCUT2D eigenvalue weighted by Gasteiger charge is 2.17. The molecule has 0 spiro atoms. The number of carboxylic acids is 1. The van der Waals surface area contributed by atoms with Gasteiger partial charge in [-0.25, -0.2) is 0 Å². The highest BCUT2D eigenvalue weighted by molar-refractivity contribution is 5.81. The minimum atomic E-state index is -1.08. The van der Waals surface area contributed by atoms with Gasteiger partial charge in [-0.15, -0.1) is 0 Å². The summed E-state index contributed by atoms with van der Waals surface area (Å²) in [5.41, 5.74) is 5.25. The van der Waals surface area contributed by atoms with Crippen molar-refractivity contribution in [3.63, 3.8) is 0 Å². The first-order chi connectivity index (χ1) is 6.36. The quantitative estimate of drug-likeness (QED) is 0.503. The third kappa shape index (κ3) is 4.20. The Morgan fingerprint density at radius 2 is 2.00 bits per heavy atom. The molecule has 4 N–H and O–H groups in total. The van der Waals surface area contributed by atoms with Gasteiger partial charge in [0.1, 0.15) is 6.04 Å². The number of likely N-dealkylation sites (N-methyl/N-ethyl adjacent to an activating group) is 1. The van der Waals surface area contributed by atoms with Crippen LogP contribution in [0.3, 0.4) is 0 Å². The number of nitrogens with one attached hydrogen (secondary N) is 1. The third-order valence-electron chi connectivity index (χ3n) is 1.77. The molecular formula is C8H17N3O3. The van der Waals surface area contributed by atoms with Gasteiger partial charge in [0.2, 0.25) is 5.91 Å². The Hall–Kier alpha value is -1.14. The highest BCUT2D eigenvalue weighted by Crippen LogP contribution is 1.88. The molecule has 0 aromatic carbocycles. The van der Waals surface area contributed by atoms with E-state index in [1.807, 2.05) is 0 Å². The molecule has 0 heterocycles. The van der Waals surface area contributed by atoms with Gasteiger partial charge < -0.3 is 21.1 Å². The molecular weight excluding hydrogens is 186 g/mol. The summed E-state index contributed by atoms with van der Waals surface area (Å²) in [7, 11) is 3.27. The van der Waals surface area contributed by atoms with Crippen LogP contribution in [0.4, 0.5) is 0 Å². The predicted molar refractivity (Wildman–Crippen MR) is 51.8 cm³/mol. The van der Waals surface area contributed by atoms with E-state index in [1.165, 1.54) is 4.90 Å². The fraction of sp³-hybridized carbons (Fsp3) is 0.750. The number of nitrogens with two attached hydrogens (primary N) is 1. The predicted octanol–water partition coefficient (Wildman–Crippen LogP) is -1.54. The molecule has 82 valence electrons. The molecule has 0 aromatic rings. The van der Waals surface area contributed by atoms with E-state index in [-0.39, 0.29) is 12.5 Å². The van der Waals surface area contributed by atoms with Crippen LogP contribution in [-0.2, 0) is 9.59 Å². The molecule has 0 aliphatic carbocycles. The van der Waals surface area contributed by atoms with Crippen molar-refractivity contribution < 1.29 is 14.7 Å². The Morgan fingerprint density at radius 3 is 2.36 bits per heavy atom. The fourth-order valence-corrected chi connectivity index (χ4v) is 0.866. The maximum Gasteiger partial charge on any atom is 0.321 e. The molecule has 0 aliphatic heterocycles. The maximum atomic E-state index is 11.3. The number of hydrogen-bond acceptors (Lipinski definition) is 4. The van der Waals surface area contributed by atoms with Crippen molar-refractivity contribution in [2.75, 3.05) is 20.6 Å². The summed E-state index contributed by atoms with van der Waals surface area (Å²) in [5, 5.41) is 11.2. The smallest absolute Gasteiger partial charge is 0.321 e. The third-order valence-corrected chi connectivity index (χ3v) is 1.77. The number of amides is 1. The van der Waals surface area contributed by atoms with Crippen molar-refractivity contribution in [1.82, 2.24) is 10.2 Å². The van der Waals surface area contributed by atoms with Crippen LogP contribution in [0.2, 0.25) is 0 Å². The fourth-order valence-electron chi connectivity index (χ4n) is 0.866. The normalized spacial score (nSPS) is 14.6. The molecule has 0 rings (SSSR count). The number of carboxylic acid groups (broad SMARTS) is 1. The molecule has 0 radical (unpaired) electrons. The molecule has 14 heavy (non-hydrogen) atoms. The Morgan fingerprint density at radius 1 is 1.50 bits per heavy atom. The molecule has 6 nitrogen and oxygen atoms in total. The molecule has 2 unspecified atom stereocenters. The molecule has 0 saturated heterocycles. The van der Waals surface area contributed by atoms with Crippen molar-refractivity contribution in [2.24, 2.45) is 5.73 Å². The number of carbonyl (C=O) groups excluding carboxylic acids is 1. The second-order valence-electron chi connectivity index (χ2n) is 3.31. The Labute approximate surface area is 83.1 Å². The number of carbonyl (C=O) groups is 2. The summed E-state index contributed by atoms with van der Waals surface area (Å²) in [5.74, 6) is -1.19. The monoisotopic (exact) mass is 203 g/mol. The average molecular weight is 203 g/mol. The topological polar surface area (TPSA) is 95.7 Å². The lowest BCUT2D eigenvalue weighted by Crippen LogP contribution is -2.48. The van der Waals surface area contributed by atoms with Gasteiger partial charge in [-0.1, -0.05) is 0 Å². The van der Waals surface area contributed by atoms with E-state index in [0.717, 1.165) is 0 Å². The summed E-state index contributed by atoms with van der Waals surface area (Å²) in [6.45, 7) is 1.74. The Kier molecular flexibility index (Phi) is 5.11. The first kappa shape index (κ1) is 12.9. The Bertz CT molecular complexity index is 218. The van der Waals surface area contributed by atoms with E-state index in [2.05, 4.69) is 5.32 Å². The van der Waals surface area contributed by atoms with E-state index in [9.17, 15) is 9.59 Å². The van der Waals surface area contributed by atoms with E-state index in [4.69, 9.17) is 10.8 Å². The lowest BCUT2D eigenvalue weighted by molar-refractivity contribution is -0.139. The number of nitrogens with zero attached hydrogens (tertiary/aromatic N) is 1. The lowest BCUT2D eigenvalue weighted by Gasteiger charge is -2.18. The van der Waals surface area contributed by atoms with E-state index < -0.39 is 18.1 Å². The second kappa shape index (κ2) is 5.56. The summed E-state index contributed by atoms with van der Waals surface area (Å²) >= 11 is 0. The lowest BCUT2D eigenvalue weighted by atomic mass is 10.2. The van der Waals surface area contributed by atoms with Crippen LogP contribution in [0.25, 0.3) is 0 Å². The summed E-state index contributed by atoms with van der Waals surface area (Å²) in [4.78, 5) is 23.1. The van der Waals surface area contributed by atoms with Crippen molar-refractivity contribution in [3.8, 4) is 0 Å². The zero-order valence-electron chi connectivity index (χ0n) is 8.65. The Balaban J connectivity index is 3.90. The van der Waals surface area contributed by atoms with Crippen LogP contribution >= 0.6 is 0 Å². The van der Waals surface area contributed by atoms with Gasteiger partial charge in [-0.3, -0.25) is 9.59 Å². The van der Waals surface area contributed by atoms with E-state index in [0.29, 0.717) is 0 Å². The number of aliphatic carboxylic acids is 1. The van der Waals surface area contributed by atoms with Gasteiger partial charge in [-0.05, 0) is 6.92 Å². The van der Waals surface area contributed by atoms with E-state index in [1.54, 1.807) is 21.0 Å². The van der Waals surface area contributed by atoms with Gasteiger partial charge in [0.15, 0.2) is 0 Å². The van der Waals surface area contributed by atoms with Crippen LogP contribution in [0, 0.1) is 0 Å². The zero-order chi connectivity index (χ0) is 11.3. The number of hydrogen-bond donors (Lipinski definition) is 3. The average Bonchev–Trinajstić information content (AvgIpc) is 2.11. The SMILES string of the molecule is CC(NCC(N)C(=O)O)C(=O)N(C)C. The van der Waals surface area contributed by atoms with Crippen LogP contribution in [-0.4, -0.2) is 54.6 Å². The summed E-state index contributed by atoms with van der Waals surface area (Å²) in [6, 6.07) is -1.40. The molecule has 0 aromatic heterocycles. The molecule has 2 atom stereocenters. The summed E-state index contributed by atoms with van der Waals surface area (Å²) in [6.07, 6.45) is 0. The molecule has 0 saturated carbocycles. The minimum absolute atomic E-state index is 0.0794. The van der Waals surface area contributed by atoms with Gasteiger partial charge in [0, 0.05) is 20.6 Å². The second-order valence-corrected chi connectivity index (χ2v) is 3.31. The highest BCUT2D eigenvalue weighted by atomic mass is 16.4. The van der Waals surface area contributed by atoms with Gasteiger partial charge >= 0.3 is 5.97 Å². The van der Waals surface area contributed by atoms with E-state index >= 15 is 0 Å². The molecule has 0 fully saturated rings. The molecule has 0 aliphatic rings. The molecule has 0 bridgehead atoms. The maximum absolute atomic E-state index is 11.3. The van der Waals surface area contributed by atoms with Gasteiger partial charge in [0.25, 0.3) is 0 Å². The zero-order valence-corrected chi connectivity index (χ0v) is 8.65. The standard InChI is InChI=1S/C8H17N3O3/c1-5(7(12)11(2)3)10-4-6(9)8(13)14/h5-6,10H,4,9H2,1-3H3,(H,13,14). The van der Waals surface area contributed by atoms with Crippen molar-refractivity contribution in [3.05, 3.63) is 0 Å². The first-order valence-corrected chi connectivity index (χ1v) is 4.29. The first-order valence-electron chi connectivity index (χ1n) is 4.29. The van der Waals surface area contributed by atoms with Crippen molar-refractivity contribution in [2.45, 2.75) is 19.0 Å². The largest absolute Gasteiger partial charge is 0.480 e. The van der Waals surface area contributed by atoms with Crippen molar-refractivity contribution in [1.29, 1.82) is 0 Å². The minimum Gasteiger partial charge on any atom is -0.480 e. The van der Waals surface area contributed by atoms with Crippen LogP contribution in [0.5, 0.6) is 0 Å². The van der Waals surface area contributed by atoms with Crippen LogP contribution < -0.4 is 11.1 Å². The van der Waals surface area contributed by atoms with Crippen LogP contribution in [0.15, 0.2) is 0 Å². The van der Waals surface area contributed by atoms with Crippen molar-refractivity contribution >= 4 is 11.9 Å². The van der Waals surface area contributed by atoms with Gasteiger partial charge in [-0.2, -0.15) is 0 Å². The molecule has 1 amide bonds. The van der Waals surface area contributed by atoms with Crippen LogP contribution in [0.1, 0.15) is 6.92 Å². The summed E-state index contributed by atoms with van der Waals surface area (Å²) < 4.78 is 0. The van der Waals surface area contributed by atoms with Gasteiger partial charge in [0.05, 0.1) is 6.04 Å².